The molecule has 1 N–H and O–H groups in total. The van der Waals surface area contributed by atoms with Gasteiger partial charge in [0.05, 0.1) is 11.1 Å². The van der Waals surface area contributed by atoms with Crippen LogP contribution in [-0.4, -0.2) is 18.1 Å². The van der Waals surface area contributed by atoms with Crippen LogP contribution < -0.4 is 0 Å². The van der Waals surface area contributed by atoms with Gasteiger partial charge in [0.25, 0.3) is 0 Å². The van der Waals surface area contributed by atoms with Gasteiger partial charge in [0, 0.05) is 0 Å². The number of nitrogens with zero attached hydrogens (tertiary/aromatic N) is 1. The minimum absolute atomic E-state index is 0.324. The Bertz CT molecular complexity index is 954. The minimum Gasteiger partial charge on any atom is -0.661 e. The fraction of sp³-hybridized carbons (Fsp3) is 0.174. The van der Waals surface area contributed by atoms with Crippen LogP contribution in [0.25, 0.3) is 16.4 Å². The number of hydrogen-bond donors (Lipinski definition) is 1. The van der Waals surface area contributed by atoms with Gasteiger partial charge in [-0.2, -0.15) is 20.2 Å². The van der Waals surface area contributed by atoms with Crippen molar-refractivity contribution >= 4 is 5.97 Å². The second-order valence-corrected chi connectivity index (χ2v) is 6.40. The molecule has 3 aromatic rings. The predicted molar refractivity (Wildman–Crippen MR) is 108 cm³/mol. The molecular formula is C23H21F3NO2-. The molecule has 0 fully saturated rings. The molecule has 6 heteroatoms. The van der Waals surface area contributed by atoms with Gasteiger partial charge in [-0.15, -0.1) is 6.54 Å². The SMILES string of the molecule is C[N-]Cc1cc(C)cc(C(F)(F)F)c1.O=C(O)c1ccccc1-c1ccccc1. The normalized spacial score (nSPS) is 10.8. The Morgan fingerprint density at radius 2 is 1.59 bits per heavy atom. The van der Waals surface area contributed by atoms with E-state index in [0.717, 1.165) is 23.3 Å². The summed E-state index contributed by atoms with van der Waals surface area (Å²) in [4.78, 5) is 11.0. The Balaban J connectivity index is 0.000000208. The van der Waals surface area contributed by atoms with Gasteiger partial charge < -0.3 is 10.4 Å². The van der Waals surface area contributed by atoms with E-state index < -0.39 is 17.7 Å². The van der Waals surface area contributed by atoms with Crippen LogP contribution in [-0.2, 0) is 12.7 Å². The Morgan fingerprint density at radius 1 is 0.966 bits per heavy atom. The number of alkyl halides is 3. The molecule has 0 saturated carbocycles. The molecule has 3 nitrogen and oxygen atoms in total. The van der Waals surface area contributed by atoms with Crippen LogP contribution in [0, 0.1) is 6.92 Å². The number of aromatic carboxylic acids is 1. The number of carboxylic acid groups (broad SMARTS) is 1. The minimum atomic E-state index is -4.27. The zero-order chi connectivity index (χ0) is 21.4. The van der Waals surface area contributed by atoms with E-state index in [1.807, 2.05) is 42.5 Å². The van der Waals surface area contributed by atoms with Crippen LogP contribution in [0.4, 0.5) is 13.2 Å². The number of halogens is 3. The summed E-state index contributed by atoms with van der Waals surface area (Å²) in [6.45, 7) is 1.97. The molecule has 0 heterocycles. The summed E-state index contributed by atoms with van der Waals surface area (Å²) in [6, 6.07) is 20.5. The molecule has 0 spiro atoms. The number of carbonyl (C=O) groups is 1. The standard InChI is InChI=1S/C13H10O2.C10H11F3N/c14-13(15)12-9-5-4-8-11(12)10-6-2-1-3-7-10;1-7-3-8(6-14-2)5-9(4-7)10(11,12)13/h1-9H,(H,14,15);3-5H,6H2,1-2H3/q;-1. The average molecular weight is 400 g/mol. The molecule has 0 aliphatic rings. The molecule has 0 aliphatic carbocycles. The Labute approximate surface area is 167 Å². The van der Waals surface area contributed by atoms with Crippen LogP contribution in [0.3, 0.4) is 0 Å². The highest BCUT2D eigenvalue weighted by Gasteiger charge is 2.30. The highest BCUT2D eigenvalue weighted by Crippen LogP contribution is 2.30. The van der Waals surface area contributed by atoms with Crippen molar-refractivity contribution in [3.63, 3.8) is 0 Å². The topological polar surface area (TPSA) is 51.4 Å². The van der Waals surface area contributed by atoms with Crippen molar-refractivity contribution in [2.45, 2.75) is 19.6 Å². The van der Waals surface area contributed by atoms with Crippen molar-refractivity contribution in [3.05, 3.63) is 100 Å². The number of aryl methyl sites for hydroxylation is 1. The third kappa shape index (κ3) is 6.47. The average Bonchev–Trinajstić information content (AvgIpc) is 2.68. The first kappa shape index (κ1) is 22.2. The molecule has 0 atom stereocenters. The van der Waals surface area contributed by atoms with Gasteiger partial charge in [0.1, 0.15) is 0 Å². The molecule has 3 aromatic carbocycles. The maximum absolute atomic E-state index is 12.4. The summed E-state index contributed by atoms with van der Waals surface area (Å²) in [5.74, 6) is -0.894. The van der Waals surface area contributed by atoms with Crippen LogP contribution in [0.2, 0.25) is 0 Å². The van der Waals surface area contributed by atoms with Gasteiger partial charge in [0.2, 0.25) is 0 Å². The van der Waals surface area contributed by atoms with E-state index in [4.69, 9.17) is 5.11 Å². The monoisotopic (exact) mass is 400 g/mol. The second-order valence-electron chi connectivity index (χ2n) is 6.40. The largest absolute Gasteiger partial charge is 0.661 e. The van der Waals surface area contributed by atoms with E-state index in [1.165, 1.54) is 0 Å². The zero-order valence-corrected chi connectivity index (χ0v) is 16.1. The molecule has 29 heavy (non-hydrogen) atoms. The first-order chi connectivity index (χ1) is 13.7. The van der Waals surface area contributed by atoms with E-state index in [0.29, 0.717) is 23.2 Å². The molecule has 0 amide bonds. The number of benzene rings is 3. The maximum Gasteiger partial charge on any atom is 0.416 e. The number of rotatable bonds is 4. The van der Waals surface area contributed by atoms with Gasteiger partial charge in [-0.05, 0) is 36.2 Å². The van der Waals surface area contributed by atoms with Crippen LogP contribution in [0.5, 0.6) is 0 Å². The fourth-order valence-corrected chi connectivity index (χ4v) is 2.84. The number of carboxylic acids is 1. The highest BCUT2D eigenvalue weighted by atomic mass is 19.4. The molecule has 0 saturated heterocycles. The van der Waals surface area contributed by atoms with Crippen molar-refractivity contribution in [3.8, 4) is 11.1 Å². The summed E-state index contributed by atoms with van der Waals surface area (Å²) in [5, 5.41) is 12.8. The molecule has 0 aliphatic heterocycles. The van der Waals surface area contributed by atoms with Crippen molar-refractivity contribution in [1.29, 1.82) is 0 Å². The quantitative estimate of drug-likeness (QED) is 0.538. The first-order valence-corrected chi connectivity index (χ1v) is 8.83. The van der Waals surface area contributed by atoms with Crippen LogP contribution >= 0.6 is 0 Å². The summed E-state index contributed by atoms with van der Waals surface area (Å²) >= 11 is 0. The lowest BCUT2D eigenvalue weighted by molar-refractivity contribution is -0.137. The van der Waals surface area contributed by atoms with Crippen molar-refractivity contribution < 1.29 is 23.1 Å². The number of hydrogen-bond acceptors (Lipinski definition) is 1. The highest BCUT2D eigenvalue weighted by molar-refractivity contribution is 5.95. The van der Waals surface area contributed by atoms with Gasteiger partial charge in [0.15, 0.2) is 0 Å². The second kappa shape index (κ2) is 9.89. The molecule has 152 valence electrons. The predicted octanol–water partition coefficient (Wildman–Crippen LogP) is 6.57. The first-order valence-electron chi connectivity index (χ1n) is 8.83. The van der Waals surface area contributed by atoms with E-state index in [-0.39, 0.29) is 0 Å². The smallest absolute Gasteiger partial charge is 0.416 e. The lowest BCUT2D eigenvalue weighted by Gasteiger charge is -2.15. The van der Waals surface area contributed by atoms with E-state index >= 15 is 0 Å². The van der Waals surface area contributed by atoms with Gasteiger partial charge in [-0.25, -0.2) is 4.79 Å². The summed E-state index contributed by atoms with van der Waals surface area (Å²) in [5.41, 5.74) is 2.62. The molecule has 0 unspecified atom stereocenters. The third-order valence-electron chi connectivity index (χ3n) is 4.05. The Morgan fingerprint density at radius 3 is 2.17 bits per heavy atom. The summed E-state index contributed by atoms with van der Waals surface area (Å²) in [7, 11) is 1.58. The van der Waals surface area contributed by atoms with E-state index in [9.17, 15) is 18.0 Å². The van der Waals surface area contributed by atoms with Gasteiger partial charge >= 0.3 is 12.1 Å². The van der Waals surface area contributed by atoms with Crippen LogP contribution in [0.15, 0.2) is 72.8 Å². The summed E-state index contributed by atoms with van der Waals surface area (Å²) in [6.07, 6.45) is -4.27. The lowest BCUT2D eigenvalue weighted by atomic mass is 10.00. The Hall–Kier alpha value is -3.12. The van der Waals surface area contributed by atoms with Crippen molar-refractivity contribution in [1.82, 2.24) is 0 Å². The molecule has 3 rings (SSSR count). The fourth-order valence-electron chi connectivity index (χ4n) is 2.84. The molecule has 0 radical (unpaired) electrons. The lowest BCUT2D eigenvalue weighted by Crippen LogP contribution is -2.06. The Kier molecular flexibility index (Phi) is 7.56. The van der Waals surface area contributed by atoms with Crippen molar-refractivity contribution in [2.75, 3.05) is 7.05 Å². The van der Waals surface area contributed by atoms with E-state index in [2.05, 4.69) is 5.32 Å². The third-order valence-corrected chi connectivity index (χ3v) is 4.05. The molecule has 0 bridgehead atoms. The van der Waals surface area contributed by atoms with E-state index in [1.54, 1.807) is 32.2 Å². The van der Waals surface area contributed by atoms with Crippen LogP contribution in [0.1, 0.15) is 27.0 Å². The van der Waals surface area contributed by atoms with Gasteiger partial charge in [-0.3, -0.25) is 0 Å². The maximum atomic E-state index is 12.4. The van der Waals surface area contributed by atoms with Gasteiger partial charge in [-0.1, -0.05) is 65.7 Å². The summed E-state index contributed by atoms with van der Waals surface area (Å²) < 4.78 is 37.1. The van der Waals surface area contributed by atoms with Crippen molar-refractivity contribution in [2.24, 2.45) is 0 Å². The molecular weight excluding hydrogens is 379 g/mol. The molecule has 0 aromatic heterocycles. The zero-order valence-electron chi connectivity index (χ0n) is 16.1.